The van der Waals surface area contributed by atoms with Gasteiger partial charge in [0.25, 0.3) is 0 Å². The third-order valence-electron chi connectivity index (χ3n) is 2.15. The molecule has 0 bridgehead atoms. The fraction of sp³-hybridized carbons (Fsp3) is 1.00. The number of nitrogens with two attached hydrogens (primary N) is 1. The molecule has 0 aromatic heterocycles. The van der Waals surface area contributed by atoms with Gasteiger partial charge in [-0.2, -0.15) is 13.2 Å². The van der Waals surface area contributed by atoms with Crippen molar-refractivity contribution in [2.24, 2.45) is 5.73 Å². The van der Waals surface area contributed by atoms with Crippen LogP contribution in [0.5, 0.6) is 0 Å². The van der Waals surface area contributed by atoms with Crippen molar-refractivity contribution in [3.05, 3.63) is 0 Å². The highest BCUT2D eigenvalue weighted by Crippen LogP contribution is 2.22. The lowest BCUT2D eigenvalue weighted by molar-refractivity contribution is -0.188. The standard InChI is InChI=1S/C8H14F3NO/c9-8(10,11)5-13-7-3-1-2-6(12)4-7/h6-7H,1-5,12H2/t6-,7+/m0/s1. The number of hydrogen-bond donors (Lipinski definition) is 1. The third-order valence-corrected chi connectivity index (χ3v) is 2.15. The molecule has 1 rings (SSSR count). The second-order valence-corrected chi connectivity index (χ2v) is 3.47. The number of halogens is 3. The fourth-order valence-electron chi connectivity index (χ4n) is 1.54. The molecule has 1 saturated carbocycles. The Hall–Kier alpha value is -0.290. The summed E-state index contributed by atoms with van der Waals surface area (Å²) in [5.41, 5.74) is 5.60. The highest BCUT2D eigenvalue weighted by molar-refractivity contribution is 4.75. The van der Waals surface area contributed by atoms with E-state index in [1.165, 1.54) is 0 Å². The normalized spacial score (nSPS) is 30.5. The summed E-state index contributed by atoms with van der Waals surface area (Å²) in [6.45, 7) is -1.15. The Morgan fingerprint density at radius 2 is 2.00 bits per heavy atom. The second-order valence-electron chi connectivity index (χ2n) is 3.47. The van der Waals surface area contributed by atoms with E-state index in [9.17, 15) is 13.2 Å². The summed E-state index contributed by atoms with van der Waals surface area (Å²) in [5.74, 6) is 0. The van der Waals surface area contributed by atoms with Gasteiger partial charge in [-0.3, -0.25) is 0 Å². The third kappa shape index (κ3) is 4.47. The van der Waals surface area contributed by atoms with E-state index in [2.05, 4.69) is 0 Å². The average molecular weight is 197 g/mol. The summed E-state index contributed by atoms with van der Waals surface area (Å²) >= 11 is 0. The van der Waals surface area contributed by atoms with E-state index in [-0.39, 0.29) is 12.1 Å². The maximum atomic E-state index is 11.8. The van der Waals surface area contributed by atoms with Crippen LogP contribution in [-0.4, -0.2) is 24.9 Å². The molecule has 0 unspecified atom stereocenters. The van der Waals surface area contributed by atoms with Crippen LogP contribution in [0.3, 0.4) is 0 Å². The lowest BCUT2D eigenvalue weighted by Crippen LogP contribution is -2.34. The summed E-state index contributed by atoms with van der Waals surface area (Å²) in [4.78, 5) is 0. The lowest BCUT2D eigenvalue weighted by atomic mass is 9.94. The summed E-state index contributed by atoms with van der Waals surface area (Å²) in [7, 11) is 0. The van der Waals surface area contributed by atoms with Crippen molar-refractivity contribution in [3.63, 3.8) is 0 Å². The summed E-state index contributed by atoms with van der Waals surface area (Å²) in [5, 5.41) is 0. The first-order valence-corrected chi connectivity index (χ1v) is 4.41. The molecular formula is C8H14F3NO. The topological polar surface area (TPSA) is 35.2 Å². The van der Waals surface area contributed by atoms with E-state index >= 15 is 0 Å². The zero-order chi connectivity index (χ0) is 9.90. The van der Waals surface area contributed by atoms with E-state index < -0.39 is 12.8 Å². The first kappa shape index (κ1) is 10.8. The average Bonchev–Trinajstić information content (AvgIpc) is 2.00. The zero-order valence-corrected chi connectivity index (χ0v) is 7.31. The van der Waals surface area contributed by atoms with E-state index in [0.717, 1.165) is 12.8 Å². The van der Waals surface area contributed by atoms with Gasteiger partial charge in [0.2, 0.25) is 0 Å². The molecule has 5 heteroatoms. The molecule has 1 fully saturated rings. The Kier molecular flexibility index (Phi) is 3.55. The first-order chi connectivity index (χ1) is 5.97. The van der Waals surface area contributed by atoms with E-state index in [4.69, 9.17) is 10.5 Å². The Labute approximate surface area is 75.2 Å². The van der Waals surface area contributed by atoms with Gasteiger partial charge < -0.3 is 10.5 Å². The SMILES string of the molecule is N[C@H]1CCC[C@@H](OCC(F)(F)F)C1. The minimum absolute atomic E-state index is 0.00647. The molecule has 0 heterocycles. The van der Waals surface area contributed by atoms with Gasteiger partial charge in [0.05, 0.1) is 6.10 Å². The molecule has 0 spiro atoms. The molecule has 13 heavy (non-hydrogen) atoms. The van der Waals surface area contributed by atoms with E-state index in [1.54, 1.807) is 0 Å². The monoisotopic (exact) mass is 197 g/mol. The van der Waals surface area contributed by atoms with Crippen LogP contribution in [0.1, 0.15) is 25.7 Å². The number of hydrogen-bond acceptors (Lipinski definition) is 2. The molecular weight excluding hydrogens is 183 g/mol. The molecule has 0 aromatic carbocycles. The first-order valence-electron chi connectivity index (χ1n) is 4.41. The molecule has 1 aliphatic carbocycles. The molecule has 0 aliphatic heterocycles. The van der Waals surface area contributed by atoms with Gasteiger partial charge in [0.1, 0.15) is 6.61 Å². The van der Waals surface area contributed by atoms with Crippen molar-refractivity contribution in [2.75, 3.05) is 6.61 Å². The predicted octanol–water partition coefficient (Wildman–Crippen LogP) is 1.84. The van der Waals surface area contributed by atoms with Crippen LogP contribution in [0.2, 0.25) is 0 Å². The Morgan fingerprint density at radius 1 is 1.31 bits per heavy atom. The largest absolute Gasteiger partial charge is 0.411 e. The Bertz CT molecular complexity index is 160. The summed E-state index contributed by atoms with van der Waals surface area (Å²) < 4.78 is 40.0. The van der Waals surface area contributed by atoms with Crippen LogP contribution in [0.4, 0.5) is 13.2 Å². The second kappa shape index (κ2) is 4.28. The van der Waals surface area contributed by atoms with Gasteiger partial charge in [-0.1, -0.05) is 0 Å². The maximum absolute atomic E-state index is 11.8. The van der Waals surface area contributed by atoms with Crippen LogP contribution in [0, 0.1) is 0 Å². The number of alkyl halides is 3. The molecule has 0 amide bonds. The van der Waals surface area contributed by atoms with Crippen molar-refractivity contribution in [2.45, 2.75) is 44.0 Å². The molecule has 78 valence electrons. The molecule has 2 N–H and O–H groups in total. The Balaban J connectivity index is 2.21. The van der Waals surface area contributed by atoms with Crippen LogP contribution in [0.15, 0.2) is 0 Å². The van der Waals surface area contributed by atoms with Crippen LogP contribution >= 0.6 is 0 Å². The van der Waals surface area contributed by atoms with Crippen LogP contribution in [0.25, 0.3) is 0 Å². The zero-order valence-electron chi connectivity index (χ0n) is 7.31. The van der Waals surface area contributed by atoms with E-state index in [1.807, 2.05) is 0 Å². The van der Waals surface area contributed by atoms with Gasteiger partial charge >= 0.3 is 6.18 Å². The maximum Gasteiger partial charge on any atom is 0.411 e. The minimum Gasteiger partial charge on any atom is -0.369 e. The number of rotatable bonds is 2. The molecule has 0 radical (unpaired) electrons. The van der Waals surface area contributed by atoms with Crippen molar-refractivity contribution in [1.29, 1.82) is 0 Å². The van der Waals surface area contributed by atoms with Crippen LogP contribution < -0.4 is 5.73 Å². The molecule has 0 saturated heterocycles. The smallest absolute Gasteiger partial charge is 0.369 e. The van der Waals surface area contributed by atoms with Crippen molar-refractivity contribution >= 4 is 0 Å². The van der Waals surface area contributed by atoms with Crippen molar-refractivity contribution in [1.82, 2.24) is 0 Å². The van der Waals surface area contributed by atoms with Gasteiger partial charge in [-0.25, -0.2) is 0 Å². The van der Waals surface area contributed by atoms with Gasteiger partial charge in [0, 0.05) is 6.04 Å². The summed E-state index contributed by atoms with van der Waals surface area (Å²) in [6.07, 6.45) is -1.51. The van der Waals surface area contributed by atoms with Gasteiger partial charge in [-0.05, 0) is 25.7 Å². The number of ether oxygens (including phenoxy) is 1. The van der Waals surface area contributed by atoms with Gasteiger partial charge in [-0.15, -0.1) is 0 Å². The van der Waals surface area contributed by atoms with Crippen LogP contribution in [-0.2, 0) is 4.74 Å². The van der Waals surface area contributed by atoms with Gasteiger partial charge in [0.15, 0.2) is 0 Å². The minimum atomic E-state index is -4.22. The molecule has 1 aliphatic rings. The van der Waals surface area contributed by atoms with Crippen molar-refractivity contribution < 1.29 is 17.9 Å². The fourth-order valence-corrected chi connectivity index (χ4v) is 1.54. The highest BCUT2D eigenvalue weighted by Gasteiger charge is 2.30. The predicted molar refractivity (Wildman–Crippen MR) is 42.2 cm³/mol. The molecule has 2 nitrogen and oxygen atoms in total. The quantitative estimate of drug-likeness (QED) is 0.733. The molecule has 0 aromatic rings. The Morgan fingerprint density at radius 3 is 2.54 bits per heavy atom. The van der Waals surface area contributed by atoms with Crippen molar-refractivity contribution in [3.8, 4) is 0 Å². The van der Waals surface area contributed by atoms with E-state index in [0.29, 0.717) is 12.8 Å². The summed E-state index contributed by atoms with van der Waals surface area (Å²) in [6, 6.07) is 0.00647. The lowest BCUT2D eigenvalue weighted by Gasteiger charge is -2.26. The highest BCUT2D eigenvalue weighted by atomic mass is 19.4. The molecule has 2 atom stereocenters.